The van der Waals surface area contributed by atoms with Crippen LogP contribution in [0.15, 0.2) is 54.6 Å². The SMILES string of the molecule is CC(C)(C)c1ccc2nc(-c3ccc(Cl)c(OCc4ccc(C(F)(F)F)cc4C(F)(F)F)c3)[nH]c2c1. The lowest BCUT2D eigenvalue weighted by atomic mass is 9.87. The fourth-order valence-electron chi connectivity index (χ4n) is 3.67. The molecule has 0 saturated heterocycles. The molecule has 0 spiro atoms. The summed E-state index contributed by atoms with van der Waals surface area (Å²) in [6.07, 6.45) is -9.90. The molecule has 4 aromatic rings. The van der Waals surface area contributed by atoms with Gasteiger partial charge in [0.05, 0.1) is 27.2 Å². The molecule has 10 heteroatoms. The van der Waals surface area contributed by atoms with Crippen molar-refractivity contribution >= 4 is 22.6 Å². The Kier molecular flexibility index (Phi) is 6.49. The molecule has 0 saturated carbocycles. The molecule has 1 heterocycles. The van der Waals surface area contributed by atoms with Gasteiger partial charge in [-0.2, -0.15) is 26.3 Å². The summed E-state index contributed by atoms with van der Waals surface area (Å²) >= 11 is 6.19. The number of halogens is 7. The van der Waals surface area contributed by atoms with Crippen molar-refractivity contribution in [1.29, 1.82) is 0 Å². The van der Waals surface area contributed by atoms with Crippen molar-refractivity contribution in [3.8, 4) is 17.1 Å². The number of benzene rings is 3. The number of fused-ring (bicyclic) bond motifs is 1. The second-order valence-corrected chi connectivity index (χ2v) is 9.78. The highest BCUT2D eigenvalue weighted by Gasteiger charge is 2.38. The van der Waals surface area contributed by atoms with Crippen LogP contribution in [0.3, 0.4) is 0 Å². The maximum atomic E-state index is 13.4. The van der Waals surface area contributed by atoms with Crippen LogP contribution in [0.4, 0.5) is 26.3 Å². The molecule has 1 aromatic heterocycles. The van der Waals surface area contributed by atoms with Gasteiger partial charge in [0.25, 0.3) is 0 Å². The molecule has 0 amide bonds. The predicted octanol–water partition coefficient (Wildman–Crippen LogP) is 8.80. The first kappa shape index (κ1) is 25.9. The molecule has 3 nitrogen and oxygen atoms in total. The topological polar surface area (TPSA) is 37.9 Å². The molecule has 0 fully saturated rings. The van der Waals surface area contributed by atoms with E-state index in [0.29, 0.717) is 17.5 Å². The second kappa shape index (κ2) is 9.03. The number of hydrogen-bond donors (Lipinski definition) is 1. The van der Waals surface area contributed by atoms with Gasteiger partial charge >= 0.3 is 12.4 Å². The van der Waals surface area contributed by atoms with E-state index in [2.05, 4.69) is 30.7 Å². The normalized spacial score (nSPS) is 12.8. The molecule has 0 aliphatic rings. The summed E-state index contributed by atoms with van der Waals surface area (Å²) in [5.74, 6) is 0.570. The number of aromatic amines is 1. The lowest BCUT2D eigenvalue weighted by molar-refractivity contribution is -0.143. The average Bonchev–Trinajstić information content (AvgIpc) is 3.20. The van der Waals surface area contributed by atoms with Gasteiger partial charge in [-0.15, -0.1) is 0 Å². The molecular formula is C26H21ClF6N2O. The first-order chi connectivity index (χ1) is 16.6. The van der Waals surface area contributed by atoms with Crippen molar-refractivity contribution in [2.75, 3.05) is 0 Å². The van der Waals surface area contributed by atoms with Gasteiger partial charge in [-0.05, 0) is 53.4 Å². The van der Waals surface area contributed by atoms with Crippen molar-refractivity contribution in [2.45, 2.75) is 45.1 Å². The van der Waals surface area contributed by atoms with Crippen LogP contribution in [-0.2, 0) is 24.4 Å². The molecule has 0 unspecified atom stereocenters. The zero-order valence-electron chi connectivity index (χ0n) is 19.4. The number of hydrogen-bond acceptors (Lipinski definition) is 2. The van der Waals surface area contributed by atoms with Crippen LogP contribution < -0.4 is 4.74 Å². The molecule has 3 aromatic carbocycles. The van der Waals surface area contributed by atoms with Gasteiger partial charge in [0.15, 0.2) is 0 Å². The zero-order valence-corrected chi connectivity index (χ0v) is 20.2. The molecule has 4 rings (SSSR count). The van der Waals surface area contributed by atoms with E-state index in [-0.39, 0.29) is 22.3 Å². The largest absolute Gasteiger partial charge is 0.487 e. The third-order valence-electron chi connectivity index (χ3n) is 5.68. The molecular weight excluding hydrogens is 506 g/mol. The van der Waals surface area contributed by atoms with Crippen LogP contribution >= 0.6 is 11.6 Å². The van der Waals surface area contributed by atoms with E-state index < -0.39 is 35.6 Å². The van der Waals surface area contributed by atoms with Crippen molar-refractivity contribution in [3.05, 3.63) is 81.9 Å². The quantitative estimate of drug-likeness (QED) is 0.270. The molecule has 0 aliphatic heterocycles. The van der Waals surface area contributed by atoms with Gasteiger partial charge in [0.1, 0.15) is 18.2 Å². The summed E-state index contributed by atoms with van der Waals surface area (Å²) in [6.45, 7) is 5.64. The van der Waals surface area contributed by atoms with Gasteiger partial charge in [-0.3, -0.25) is 0 Å². The molecule has 0 atom stereocenters. The average molecular weight is 527 g/mol. The van der Waals surface area contributed by atoms with Crippen molar-refractivity contribution in [3.63, 3.8) is 0 Å². The molecule has 0 aliphatic carbocycles. The Morgan fingerprint density at radius 2 is 1.53 bits per heavy atom. The minimum atomic E-state index is -4.99. The van der Waals surface area contributed by atoms with Crippen molar-refractivity contribution < 1.29 is 31.1 Å². The lowest BCUT2D eigenvalue weighted by Gasteiger charge is -2.18. The van der Waals surface area contributed by atoms with E-state index in [1.807, 2.05) is 18.2 Å². The maximum absolute atomic E-state index is 13.4. The van der Waals surface area contributed by atoms with Gasteiger partial charge in [0.2, 0.25) is 0 Å². The molecule has 190 valence electrons. The van der Waals surface area contributed by atoms with E-state index in [1.54, 1.807) is 6.07 Å². The summed E-state index contributed by atoms with van der Waals surface area (Å²) < 4.78 is 84.7. The maximum Gasteiger partial charge on any atom is 0.416 e. The summed E-state index contributed by atoms with van der Waals surface area (Å²) in [5, 5.41) is 0.130. The van der Waals surface area contributed by atoms with Crippen molar-refractivity contribution in [2.24, 2.45) is 0 Å². The minimum absolute atomic E-state index is 0.0612. The van der Waals surface area contributed by atoms with Crippen LogP contribution in [-0.4, -0.2) is 9.97 Å². The first-order valence-electron chi connectivity index (χ1n) is 10.8. The molecule has 36 heavy (non-hydrogen) atoms. The predicted molar refractivity (Wildman–Crippen MR) is 126 cm³/mol. The minimum Gasteiger partial charge on any atom is -0.487 e. The number of rotatable bonds is 4. The van der Waals surface area contributed by atoms with Crippen LogP contribution in [0.25, 0.3) is 22.4 Å². The number of nitrogens with zero attached hydrogens (tertiary/aromatic N) is 1. The second-order valence-electron chi connectivity index (χ2n) is 9.37. The van der Waals surface area contributed by atoms with Gasteiger partial charge in [-0.25, -0.2) is 4.98 Å². The zero-order chi connectivity index (χ0) is 26.5. The summed E-state index contributed by atoms with van der Waals surface area (Å²) in [6, 6.07) is 12.0. The Bertz CT molecular complexity index is 1420. The summed E-state index contributed by atoms with van der Waals surface area (Å²) in [5.41, 5.74) is -0.0860. The van der Waals surface area contributed by atoms with E-state index >= 15 is 0 Å². The third-order valence-corrected chi connectivity index (χ3v) is 5.99. The molecule has 0 bridgehead atoms. The fraction of sp³-hybridized carbons (Fsp3) is 0.269. The van der Waals surface area contributed by atoms with Crippen LogP contribution in [0.1, 0.15) is 43.0 Å². The molecule has 1 N–H and O–H groups in total. The highest BCUT2D eigenvalue weighted by molar-refractivity contribution is 6.32. The summed E-state index contributed by atoms with van der Waals surface area (Å²) in [7, 11) is 0. The number of alkyl halides is 6. The standard InChI is InChI=1S/C26H21ClF6N2O/c1-24(2,3)16-7-9-20-21(12-16)35-23(34-20)14-5-8-19(27)22(10-14)36-13-15-4-6-17(25(28,29)30)11-18(15)26(31,32)33/h4-12H,13H2,1-3H3,(H,34,35). The first-order valence-corrected chi connectivity index (χ1v) is 11.2. The van der Waals surface area contributed by atoms with E-state index in [9.17, 15) is 26.3 Å². The van der Waals surface area contributed by atoms with Gasteiger partial charge < -0.3 is 9.72 Å². The number of imidazole rings is 1. The van der Waals surface area contributed by atoms with E-state index in [1.165, 1.54) is 12.1 Å². The number of nitrogens with one attached hydrogen (secondary N) is 1. The van der Waals surface area contributed by atoms with Gasteiger partial charge in [0, 0.05) is 11.1 Å². The van der Waals surface area contributed by atoms with Crippen LogP contribution in [0.2, 0.25) is 5.02 Å². The van der Waals surface area contributed by atoms with Crippen molar-refractivity contribution in [1.82, 2.24) is 9.97 Å². The Morgan fingerprint density at radius 1 is 0.833 bits per heavy atom. The Balaban J connectivity index is 1.63. The highest BCUT2D eigenvalue weighted by Crippen LogP contribution is 2.38. The Hall–Kier alpha value is -3.20. The number of ether oxygens (including phenoxy) is 1. The molecule has 0 radical (unpaired) electrons. The number of H-pyrrole nitrogens is 1. The number of aromatic nitrogens is 2. The lowest BCUT2D eigenvalue weighted by Crippen LogP contribution is -2.14. The summed E-state index contributed by atoms with van der Waals surface area (Å²) in [4.78, 5) is 7.79. The Labute approximate surface area is 208 Å². The van der Waals surface area contributed by atoms with Crippen LogP contribution in [0, 0.1) is 0 Å². The highest BCUT2D eigenvalue weighted by atomic mass is 35.5. The third kappa shape index (κ3) is 5.46. The van der Waals surface area contributed by atoms with E-state index in [4.69, 9.17) is 16.3 Å². The monoisotopic (exact) mass is 526 g/mol. The fourth-order valence-corrected chi connectivity index (χ4v) is 3.84. The van der Waals surface area contributed by atoms with E-state index in [0.717, 1.165) is 22.7 Å². The van der Waals surface area contributed by atoms with Crippen LogP contribution in [0.5, 0.6) is 5.75 Å². The Morgan fingerprint density at radius 3 is 2.17 bits per heavy atom. The smallest absolute Gasteiger partial charge is 0.416 e. The van der Waals surface area contributed by atoms with Gasteiger partial charge in [-0.1, -0.05) is 44.5 Å².